The van der Waals surface area contributed by atoms with Gasteiger partial charge in [-0.1, -0.05) is 0 Å². The minimum absolute atomic E-state index is 0.289. The van der Waals surface area contributed by atoms with Crippen LogP contribution in [0.2, 0.25) is 0 Å². The molecule has 0 aliphatic carbocycles. The Hall–Kier alpha value is -1.20. The molecule has 3 rings (SSSR count). The van der Waals surface area contributed by atoms with E-state index in [1.165, 1.54) is 6.07 Å². The van der Waals surface area contributed by atoms with E-state index in [1.807, 2.05) is 4.90 Å². The number of hydrogen-bond donors (Lipinski definition) is 0. The highest BCUT2D eigenvalue weighted by Crippen LogP contribution is 2.32. The van der Waals surface area contributed by atoms with Crippen LogP contribution >= 0.6 is 0 Å². The number of pyridine rings is 1. The average molecular weight is 238 g/mol. The molecule has 1 aromatic heterocycles. The van der Waals surface area contributed by atoms with Gasteiger partial charge in [0.15, 0.2) is 17.4 Å². The van der Waals surface area contributed by atoms with Crippen LogP contribution in [0.3, 0.4) is 0 Å². The summed E-state index contributed by atoms with van der Waals surface area (Å²) < 4.78 is 25.0. The van der Waals surface area contributed by atoms with Crippen molar-refractivity contribution in [2.75, 3.05) is 31.2 Å². The van der Waals surface area contributed by atoms with Gasteiger partial charge in [-0.05, 0) is 18.6 Å². The second kappa shape index (κ2) is 4.23. The van der Waals surface area contributed by atoms with E-state index in [4.69, 9.17) is 9.47 Å². The predicted molar refractivity (Wildman–Crippen MR) is 60.3 cm³/mol. The lowest BCUT2D eigenvalue weighted by atomic mass is 10.0. The largest absolute Gasteiger partial charge is 0.349 e. The SMILES string of the molecule is Fc1cccnc1N1CCCC2(C1)OCCO2. The monoisotopic (exact) mass is 238 g/mol. The third kappa shape index (κ3) is 2.00. The van der Waals surface area contributed by atoms with Crippen LogP contribution in [-0.2, 0) is 9.47 Å². The first-order valence-electron chi connectivity index (χ1n) is 5.92. The smallest absolute Gasteiger partial charge is 0.186 e. The third-order valence-electron chi connectivity index (χ3n) is 3.27. The maximum Gasteiger partial charge on any atom is 0.186 e. The van der Waals surface area contributed by atoms with Gasteiger partial charge in [-0.25, -0.2) is 9.37 Å². The number of piperidine rings is 1. The third-order valence-corrected chi connectivity index (χ3v) is 3.27. The van der Waals surface area contributed by atoms with Gasteiger partial charge in [0, 0.05) is 19.2 Å². The summed E-state index contributed by atoms with van der Waals surface area (Å²) in [7, 11) is 0. The van der Waals surface area contributed by atoms with E-state index in [0.29, 0.717) is 25.6 Å². The molecule has 92 valence electrons. The van der Waals surface area contributed by atoms with Gasteiger partial charge in [0.2, 0.25) is 0 Å². The van der Waals surface area contributed by atoms with Gasteiger partial charge in [0.1, 0.15) is 0 Å². The fourth-order valence-electron chi connectivity index (χ4n) is 2.51. The summed E-state index contributed by atoms with van der Waals surface area (Å²) in [6.07, 6.45) is 3.41. The molecule has 0 saturated carbocycles. The Morgan fingerprint density at radius 1 is 1.35 bits per heavy atom. The lowest BCUT2D eigenvalue weighted by molar-refractivity contribution is -0.161. The van der Waals surface area contributed by atoms with Gasteiger partial charge >= 0.3 is 0 Å². The predicted octanol–water partition coefficient (Wildman–Crippen LogP) is 1.56. The molecule has 0 radical (unpaired) electrons. The zero-order chi connectivity index (χ0) is 11.7. The molecule has 17 heavy (non-hydrogen) atoms. The molecule has 2 fully saturated rings. The Morgan fingerprint density at radius 3 is 2.94 bits per heavy atom. The van der Waals surface area contributed by atoms with E-state index < -0.39 is 5.79 Å². The lowest BCUT2D eigenvalue weighted by Crippen LogP contribution is -2.49. The van der Waals surface area contributed by atoms with Crippen molar-refractivity contribution in [1.82, 2.24) is 4.98 Å². The minimum Gasteiger partial charge on any atom is -0.349 e. The molecule has 1 spiro atoms. The first-order chi connectivity index (χ1) is 8.29. The van der Waals surface area contributed by atoms with Gasteiger partial charge < -0.3 is 14.4 Å². The molecule has 2 aliphatic rings. The summed E-state index contributed by atoms with van der Waals surface area (Å²) in [6.45, 7) is 2.60. The Kier molecular flexibility index (Phi) is 2.72. The van der Waals surface area contributed by atoms with Crippen LogP contribution in [0.25, 0.3) is 0 Å². The van der Waals surface area contributed by atoms with Crippen LogP contribution in [0.1, 0.15) is 12.8 Å². The highest BCUT2D eigenvalue weighted by molar-refractivity contribution is 5.40. The summed E-state index contributed by atoms with van der Waals surface area (Å²) in [4.78, 5) is 6.00. The summed E-state index contributed by atoms with van der Waals surface area (Å²) in [5.41, 5.74) is 0. The lowest BCUT2D eigenvalue weighted by Gasteiger charge is -2.39. The number of aromatic nitrogens is 1. The normalized spacial score (nSPS) is 23.2. The van der Waals surface area contributed by atoms with Crippen molar-refractivity contribution in [3.63, 3.8) is 0 Å². The minimum atomic E-state index is -0.539. The number of anilines is 1. The van der Waals surface area contributed by atoms with E-state index >= 15 is 0 Å². The van der Waals surface area contributed by atoms with Crippen molar-refractivity contribution >= 4 is 5.82 Å². The summed E-state index contributed by atoms with van der Waals surface area (Å²) in [5, 5.41) is 0. The van der Waals surface area contributed by atoms with Crippen LogP contribution in [-0.4, -0.2) is 37.1 Å². The van der Waals surface area contributed by atoms with E-state index in [2.05, 4.69) is 4.98 Å². The molecule has 1 aromatic rings. The van der Waals surface area contributed by atoms with Crippen molar-refractivity contribution in [1.29, 1.82) is 0 Å². The number of rotatable bonds is 1. The first kappa shape index (κ1) is 10.9. The fourth-order valence-corrected chi connectivity index (χ4v) is 2.51. The molecule has 5 heteroatoms. The number of nitrogens with zero attached hydrogens (tertiary/aromatic N) is 2. The molecule has 2 saturated heterocycles. The van der Waals surface area contributed by atoms with Crippen LogP contribution in [0, 0.1) is 5.82 Å². The van der Waals surface area contributed by atoms with Crippen molar-refractivity contribution in [2.24, 2.45) is 0 Å². The van der Waals surface area contributed by atoms with E-state index in [1.54, 1.807) is 12.3 Å². The van der Waals surface area contributed by atoms with E-state index in [9.17, 15) is 4.39 Å². The van der Waals surface area contributed by atoms with Gasteiger partial charge in [0.05, 0.1) is 19.8 Å². The second-order valence-corrected chi connectivity index (χ2v) is 4.44. The standard InChI is InChI=1S/C12H15FN2O2/c13-10-3-1-5-14-11(10)15-6-2-4-12(9-15)16-7-8-17-12/h1,3,5H,2,4,6-9H2. The molecular formula is C12H15FN2O2. The van der Waals surface area contributed by atoms with Gasteiger partial charge in [-0.15, -0.1) is 0 Å². The van der Waals surface area contributed by atoms with Crippen LogP contribution in [0.15, 0.2) is 18.3 Å². The maximum absolute atomic E-state index is 13.7. The van der Waals surface area contributed by atoms with Crippen molar-refractivity contribution in [3.05, 3.63) is 24.1 Å². The van der Waals surface area contributed by atoms with Crippen molar-refractivity contribution in [3.8, 4) is 0 Å². The van der Waals surface area contributed by atoms with Gasteiger partial charge in [-0.3, -0.25) is 0 Å². The highest BCUT2D eigenvalue weighted by Gasteiger charge is 2.41. The molecular weight excluding hydrogens is 223 g/mol. The molecule has 4 nitrogen and oxygen atoms in total. The number of ether oxygens (including phenoxy) is 2. The maximum atomic E-state index is 13.7. The molecule has 2 aliphatic heterocycles. The molecule has 0 bridgehead atoms. The fraction of sp³-hybridized carbons (Fsp3) is 0.583. The molecule has 0 atom stereocenters. The zero-order valence-corrected chi connectivity index (χ0v) is 9.56. The quantitative estimate of drug-likeness (QED) is 0.743. The Balaban J connectivity index is 1.82. The van der Waals surface area contributed by atoms with E-state index in [0.717, 1.165) is 19.4 Å². The van der Waals surface area contributed by atoms with Gasteiger partial charge in [-0.2, -0.15) is 0 Å². The number of halogens is 1. The zero-order valence-electron chi connectivity index (χ0n) is 9.56. The van der Waals surface area contributed by atoms with Gasteiger partial charge in [0.25, 0.3) is 0 Å². The highest BCUT2D eigenvalue weighted by atomic mass is 19.1. The Morgan fingerprint density at radius 2 is 2.18 bits per heavy atom. The van der Waals surface area contributed by atoms with Crippen molar-refractivity contribution in [2.45, 2.75) is 18.6 Å². The second-order valence-electron chi connectivity index (χ2n) is 4.44. The number of hydrogen-bond acceptors (Lipinski definition) is 4. The average Bonchev–Trinajstić information content (AvgIpc) is 2.78. The molecule has 0 aromatic carbocycles. The Bertz CT molecular complexity index is 407. The molecule has 0 N–H and O–H groups in total. The topological polar surface area (TPSA) is 34.6 Å². The van der Waals surface area contributed by atoms with Crippen LogP contribution < -0.4 is 4.90 Å². The van der Waals surface area contributed by atoms with E-state index in [-0.39, 0.29) is 5.82 Å². The molecule has 3 heterocycles. The first-order valence-corrected chi connectivity index (χ1v) is 5.92. The summed E-state index contributed by atoms with van der Waals surface area (Å²) >= 11 is 0. The molecule has 0 unspecified atom stereocenters. The molecule has 0 amide bonds. The summed E-state index contributed by atoms with van der Waals surface area (Å²) in [5.74, 6) is -0.435. The van der Waals surface area contributed by atoms with Crippen LogP contribution in [0.5, 0.6) is 0 Å². The Labute approximate surface area is 99.3 Å². The van der Waals surface area contributed by atoms with Crippen molar-refractivity contribution < 1.29 is 13.9 Å². The summed E-state index contributed by atoms with van der Waals surface area (Å²) in [6, 6.07) is 3.03. The van der Waals surface area contributed by atoms with Crippen LogP contribution in [0.4, 0.5) is 10.2 Å².